The molecule has 1 atom stereocenters. The lowest BCUT2D eigenvalue weighted by Gasteiger charge is -2.12. The van der Waals surface area contributed by atoms with Gasteiger partial charge in [0.05, 0.1) is 0 Å². The summed E-state index contributed by atoms with van der Waals surface area (Å²) in [5, 5.41) is 2.74. The minimum Gasteiger partial charge on any atom is -0.361 e. The lowest BCUT2D eigenvalue weighted by atomic mass is 10.1. The summed E-state index contributed by atoms with van der Waals surface area (Å²) in [6.45, 7) is 3.44. The van der Waals surface area contributed by atoms with Crippen LogP contribution in [0, 0.1) is 6.92 Å². The highest BCUT2D eigenvalue weighted by atomic mass is 16.5. The summed E-state index contributed by atoms with van der Waals surface area (Å²) in [5.74, 6) is -0.415. The summed E-state index contributed by atoms with van der Waals surface area (Å²) in [6, 6.07) is 16.4. The monoisotopic (exact) mass is 297 g/mol. The molecule has 2 rings (SSSR count). The second-order valence-corrected chi connectivity index (χ2v) is 5.10. The largest absolute Gasteiger partial charge is 0.361 e. The fourth-order valence-corrected chi connectivity index (χ4v) is 2.03. The van der Waals surface area contributed by atoms with Gasteiger partial charge in [0.15, 0.2) is 5.78 Å². The van der Waals surface area contributed by atoms with Crippen molar-refractivity contribution in [2.45, 2.75) is 20.0 Å². The van der Waals surface area contributed by atoms with Crippen molar-refractivity contribution in [2.75, 3.05) is 11.9 Å². The van der Waals surface area contributed by atoms with E-state index in [1.165, 1.54) is 0 Å². The molecule has 4 heteroatoms. The molecule has 22 heavy (non-hydrogen) atoms. The van der Waals surface area contributed by atoms with Gasteiger partial charge in [-0.3, -0.25) is 9.59 Å². The lowest BCUT2D eigenvalue weighted by Crippen LogP contribution is -2.27. The highest BCUT2D eigenvalue weighted by molar-refractivity contribution is 5.99. The predicted octanol–water partition coefficient (Wildman–Crippen LogP) is 3.22. The summed E-state index contributed by atoms with van der Waals surface area (Å²) in [5.41, 5.74) is 2.36. The smallest absolute Gasteiger partial charge is 0.250 e. The average Bonchev–Trinajstić information content (AvgIpc) is 2.52. The number of hydrogen-bond donors (Lipinski definition) is 1. The third kappa shape index (κ3) is 4.53. The summed E-state index contributed by atoms with van der Waals surface area (Å²) in [6.07, 6.45) is -0.661. The number of hydrogen-bond acceptors (Lipinski definition) is 3. The Labute approximate surface area is 130 Å². The molecule has 1 N–H and O–H groups in total. The molecule has 0 aromatic heterocycles. The minimum atomic E-state index is -0.661. The highest BCUT2D eigenvalue weighted by Gasteiger charge is 2.16. The van der Waals surface area contributed by atoms with Gasteiger partial charge in [0.2, 0.25) is 5.91 Å². The number of benzene rings is 2. The Morgan fingerprint density at radius 3 is 2.50 bits per heavy atom. The molecule has 114 valence electrons. The van der Waals surface area contributed by atoms with Crippen LogP contribution in [0.2, 0.25) is 0 Å². The molecule has 2 aromatic rings. The van der Waals surface area contributed by atoms with E-state index in [-0.39, 0.29) is 18.3 Å². The molecular formula is C18H19NO3. The first-order chi connectivity index (χ1) is 10.6. The molecule has 0 aliphatic carbocycles. The maximum Gasteiger partial charge on any atom is 0.250 e. The molecule has 0 radical (unpaired) electrons. The average molecular weight is 297 g/mol. The number of ether oxygens (including phenoxy) is 1. The molecular weight excluding hydrogens is 278 g/mol. The van der Waals surface area contributed by atoms with Crippen LogP contribution in [-0.4, -0.2) is 24.4 Å². The van der Waals surface area contributed by atoms with Gasteiger partial charge in [-0.25, -0.2) is 0 Å². The molecule has 0 aliphatic heterocycles. The number of nitrogens with one attached hydrogen (secondary N) is 1. The van der Waals surface area contributed by atoms with Crippen LogP contribution in [0.3, 0.4) is 0 Å². The van der Waals surface area contributed by atoms with Crippen LogP contribution in [0.5, 0.6) is 0 Å². The topological polar surface area (TPSA) is 55.4 Å². The number of carbonyl (C=O) groups excluding carboxylic acids is 2. The Balaban J connectivity index is 1.84. The molecule has 1 amide bonds. The Morgan fingerprint density at radius 1 is 1.09 bits per heavy atom. The van der Waals surface area contributed by atoms with Crippen molar-refractivity contribution >= 4 is 17.4 Å². The second-order valence-electron chi connectivity index (χ2n) is 5.10. The van der Waals surface area contributed by atoms with Crippen molar-refractivity contribution in [3.8, 4) is 0 Å². The van der Waals surface area contributed by atoms with E-state index in [4.69, 9.17) is 4.74 Å². The van der Waals surface area contributed by atoms with Crippen LogP contribution in [-0.2, 0) is 9.53 Å². The number of rotatable bonds is 6. The van der Waals surface area contributed by atoms with Crippen molar-refractivity contribution < 1.29 is 14.3 Å². The van der Waals surface area contributed by atoms with E-state index >= 15 is 0 Å². The first-order valence-electron chi connectivity index (χ1n) is 7.13. The van der Waals surface area contributed by atoms with Gasteiger partial charge < -0.3 is 10.1 Å². The highest BCUT2D eigenvalue weighted by Crippen LogP contribution is 2.10. The van der Waals surface area contributed by atoms with E-state index in [0.717, 1.165) is 11.3 Å². The molecule has 0 saturated carbocycles. The normalized spacial score (nSPS) is 11.7. The number of anilines is 1. The van der Waals surface area contributed by atoms with E-state index in [1.54, 1.807) is 31.2 Å². The van der Waals surface area contributed by atoms with E-state index in [2.05, 4.69) is 5.32 Å². The molecule has 0 saturated heterocycles. The van der Waals surface area contributed by atoms with Crippen LogP contribution in [0.15, 0.2) is 54.6 Å². The number of Topliss-reactive ketones (excluding diaryl/α,β-unsaturated/α-hetero) is 1. The van der Waals surface area contributed by atoms with Crippen LogP contribution >= 0.6 is 0 Å². The second kappa shape index (κ2) is 7.52. The zero-order valence-corrected chi connectivity index (χ0v) is 12.7. The van der Waals surface area contributed by atoms with Crippen molar-refractivity contribution in [1.82, 2.24) is 0 Å². The summed E-state index contributed by atoms with van der Waals surface area (Å²) >= 11 is 0. The standard InChI is InChI=1S/C18H19NO3/c1-13-7-6-10-16(11-13)19-17(20)12-22-14(2)18(21)15-8-4-3-5-9-15/h3-11,14H,12H2,1-2H3,(H,19,20). The Kier molecular flexibility index (Phi) is 5.44. The number of amides is 1. The summed E-state index contributed by atoms with van der Waals surface area (Å²) in [7, 11) is 0. The van der Waals surface area contributed by atoms with Crippen LogP contribution < -0.4 is 5.32 Å². The fourth-order valence-electron chi connectivity index (χ4n) is 2.03. The molecule has 1 unspecified atom stereocenters. The van der Waals surface area contributed by atoms with Gasteiger partial charge >= 0.3 is 0 Å². The van der Waals surface area contributed by atoms with Gasteiger partial charge in [-0.15, -0.1) is 0 Å². The van der Waals surface area contributed by atoms with Gasteiger partial charge in [0, 0.05) is 11.3 Å². The van der Waals surface area contributed by atoms with Crippen molar-refractivity contribution in [3.05, 3.63) is 65.7 Å². The minimum absolute atomic E-state index is 0.135. The number of ketones is 1. The van der Waals surface area contributed by atoms with Gasteiger partial charge in [-0.05, 0) is 31.5 Å². The van der Waals surface area contributed by atoms with Gasteiger partial charge in [0.1, 0.15) is 12.7 Å². The third-order valence-corrected chi connectivity index (χ3v) is 3.19. The van der Waals surface area contributed by atoms with E-state index in [0.29, 0.717) is 5.56 Å². The number of aryl methyl sites for hydroxylation is 1. The van der Waals surface area contributed by atoms with E-state index in [1.807, 2.05) is 37.3 Å². The maximum atomic E-state index is 12.1. The van der Waals surface area contributed by atoms with E-state index < -0.39 is 6.10 Å². The molecule has 0 heterocycles. The summed E-state index contributed by atoms with van der Waals surface area (Å²) < 4.78 is 5.36. The fraction of sp³-hybridized carbons (Fsp3) is 0.222. The molecule has 0 spiro atoms. The zero-order chi connectivity index (χ0) is 15.9. The van der Waals surface area contributed by atoms with Crippen molar-refractivity contribution in [1.29, 1.82) is 0 Å². The van der Waals surface area contributed by atoms with Gasteiger partial charge in [0.25, 0.3) is 0 Å². The first-order valence-corrected chi connectivity index (χ1v) is 7.13. The van der Waals surface area contributed by atoms with Gasteiger partial charge in [-0.2, -0.15) is 0 Å². The van der Waals surface area contributed by atoms with Crippen molar-refractivity contribution in [2.24, 2.45) is 0 Å². The van der Waals surface area contributed by atoms with Crippen LogP contribution in [0.25, 0.3) is 0 Å². The van der Waals surface area contributed by atoms with E-state index in [9.17, 15) is 9.59 Å². The molecule has 0 fully saturated rings. The Hall–Kier alpha value is -2.46. The quantitative estimate of drug-likeness (QED) is 0.833. The molecule has 0 bridgehead atoms. The van der Waals surface area contributed by atoms with Crippen LogP contribution in [0.1, 0.15) is 22.8 Å². The summed E-state index contributed by atoms with van der Waals surface area (Å²) in [4.78, 5) is 23.9. The predicted molar refractivity (Wildman–Crippen MR) is 86.0 cm³/mol. The molecule has 0 aliphatic rings. The van der Waals surface area contributed by atoms with Crippen molar-refractivity contribution in [3.63, 3.8) is 0 Å². The molecule has 2 aromatic carbocycles. The van der Waals surface area contributed by atoms with Gasteiger partial charge in [-0.1, -0.05) is 42.5 Å². The maximum absolute atomic E-state index is 12.1. The Morgan fingerprint density at radius 2 is 1.82 bits per heavy atom. The zero-order valence-electron chi connectivity index (χ0n) is 12.7. The number of carbonyl (C=O) groups is 2. The van der Waals surface area contributed by atoms with Crippen LogP contribution in [0.4, 0.5) is 5.69 Å². The first kappa shape index (κ1) is 15.9. The molecule has 4 nitrogen and oxygen atoms in total. The SMILES string of the molecule is Cc1cccc(NC(=O)COC(C)C(=O)c2ccccc2)c1. The Bertz CT molecular complexity index is 652. The third-order valence-electron chi connectivity index (χ3n) is 3.19. The lowest BCUT2D eigenvalue weighted by molar-refractivity contribution is -0.121.